The predicted molar refractivity (Wildman–Crippen MR) is 129 cm³/mol. The van der Waals surface area contributed by atoms with E-state index < -0.39 is 14.6 Å². The zero-order valence-corrected chi connectivity index (χ0v) is 20.6. The summed E-state index contributed by atoms with van der Waals surface area (Å²) in [4.78, 5) is 2.61. The number of piperidine rings is 1. The summed E-state index contributed by atoms with van der Waals surface area (Å²) in [7, 11) is -3.58. The second kappa shape index (κ2) is 9.61. The van der Waals surface area contributed by atoms with E-state index in [1.54, 1.807) is 0 Å². The fourth-order valence-electron chi connectivity index (χ4n) is 5.05. The highest BCUT2D eigenvalue weighted by molar-refractivity contribution is 7.93. The molecule has 31 heavy (non-hydrogen) atoms. The smallest absolute Gasteiger partial charge is 0.185 e. The summed E-state index contributed by atoms with van der Waals surface area (Å²) in [5.41, 5.74) is 1.40. The van der Waals surface area contributed by atoms with E-state index in [2.05, 4.69) is 35.2 Å². The molecule has 1 heterocycles. The van der Waals surface area contributed by atoms with Gasteiger partial charge in [0.05, 0.1) is 24.7 Å². The van der Waals surface area contributed by atoms with E-state index in [4.69, 9.17) is 34.8 Å². The first-order valence-corrected chi connectivity index (χ1v) is 13.6. The fraction of sp³-hybridized carbons (Fsp3) is 0.500. The Labute approximate surface area is 200 Å². The maximum Gasteiger partial charge on any atom is 0.185 e. The summed E-state index contributed by atoms with van der Waals surface area (Å²) < 4.78 is 26.3. The lowest BCUT2D eigenvalue weighted by Crippen LogP contribution is -2.46. The molecule has 2 aromatic rings. The van der Waals surface area contributed by atoms with Crippen LogP contribution in [0.1, 0.15) is 56.4 Å². The van der Waals surface area contributed by atoms with E-state index in [9.17, 15) is 8.42 Å². The molecule has 4 rings (SSSR count). The molecule has 0 amide bonds. The van der Waals surface area contributed by atoms with Gasteiger partial charge in [0, 0.05) is 6.54 Å². The lowest BCUT2D eigenvalue weighted by atomic mass is 9.80. The minimum absolute atomic E-state index is 0.116. The SMILES string of the molecule is O=S(=O)(c1cc(Cl)c(Cl)cc1Cl)C1(CCCN2CCCC(c3ccccc3)C2)CCC1. The van der Waals surface area contributed by atoms with Gasteiger partial charge in [-0.25, -0.2) is 8.42 Å². The second-order valence-corrected chi connectivity index (χ2v) is 12.4. The van der Waals surface area contributed by atoms with Crippen molar-refractivity contribution >= 4 is 44.6 Å². The molecule has 1 saturated heterocycles. The Kier molecular flexibility index (Phi) is 7.24. The van der Waals surface area contributed by atoms with Crippen LogP contribution in [-0.2, 0) is 9.84 Å². The molecule has 2 aliphatic rings. The first-order valence-electron chi connectivity index (χ1n) is 11.0. The number of halogens is 3. The molecule has 0 radical (unpaired) electrons. The Morgan fingerprint density at radius 2 is 1.68 bits per heavy atom. The zero-order valence-electron chi connectivity index (χ0n) is 17.5. The molecular formula is C24H28Cl3NO2S. The molecule has 168 valence electrons. The minimum atomic E-state index is -3.58. The highest BCUT2D eigenvalue weighted by Gasteiger charge is 2.49. The number of benzene rings is 2. The van der Waals surface area contributed by atoms with E-state index in [0.29, 0.717) is 25.2 Å². The van der Waals surface area contributed by atoms with Gasteiger partial charge < -0.3 is 4.90 Å². The Balaban J connectivity index is 1.42. The number of likely N-dealkylation sites (tertiary alicyclic amines) is 1. The molecule has 1 aliphatic heterocycles. The van der Waals surface area contributed by atoms with Gasteiger partial charge in [-0.3, -0.25) is 0 Å². The van der Waals surface area contributed by atoms with E-state index >= 15 is 0 Å². The molecule has 3 nitrogen and oxygen atoms in total. The molecule has 0 N–H and O–H groups in total. The molecular weight excluding hydrogens is 473 g/mol. The molecule has 0 bridgehead atoms. The van der Waals surface area contributed by atoms with Crippen molar-refractivity contribution in [1.82, 2.24) is 4.90 Å². The van der Waals surface area contributed by atoms with Gasteiger partial charge in [-0.1, -0.05) is 71.6 Å². The predicted octanol–water partition coefficient (Wildman–Crippen LogP) is 7.00. The van der Waals surface area contributed by atoms with Crippen molar-refractivity contribution in [3.63, 3.8) is 0 Å². The fourth-order valence-corrected chi connectivity index (χ4v) is 8.26. The monoisotopic (exact) mass is 499 g/mol. The van der Waals surface area contributed by atoms with Gasteiger partial charge in [0.15, 0.2) is 9.84 Å². The molecule has 1 saturated carbocycles. The average molecular weight is 501 g/mol. The Bertz CT molecular complexity index is 1020. The van der Waals surface area contributed by atoms with Gasteiger partial charge in [0.2, 0.25) is 0 Å². The highest BCUT2D eigenvalue weighted by atomic mass is 35.5. The van der Waals surface area contributed by atoms with Crippen molar-refractivity contribution in [2.45, 2.75) is 60.5 Å². The standard InChI is InChI=1S/C24H28Cl3NO2S/c25-20-15-22(27)23(16-21(20)26)31(29,30)24(10-5-11-24)12-6-14-28-13-4-9-19(17-28)18-7-2-1-3-8-18/h1-3,7-8,15-16,19H,4-6,9-14,17H2. The summed E-state index contributed by atoms with van der Waals surface area (Å²) >= 11 is 18.4. The van der Waals surface area contributed by atoms with Gasteiger partial charge in [-0.05, 0) is 75.2 Å². The van der Waals surface area contributed by atoms with E-state index in [1.807, 2.05) is 0 Å². The third kappa shape index (κ3) is 4.79. The number of hydrogen-bond acceptors (Lipinski definition) is 3. The Morgan fingerprint density at radius 3 is 2.35 bits per heavy atom. The maximum atomic E-state index is 13.5. The molecule has 2 fully saturated rings. The molecule has 0 spiro atoms. The van der Waals surface area contributed by atoms with Crippen LogP contribution in [-0.4, -0.2) is 37.7 Å². The topological polar surface area (TPSA) is 37.4 Å². The normalized spacial score (nSPS) is 21.6. The van der Waals surface area contributed by atoms with Gasteiger partial charge in [-0.15, -0.1) is 0 Å². The summed E-state index contributed by atoms with van der Waals surface area (Å²) in [5, 5.41) is 0.646. The van der Waals surface area contributed by atoms with Crippen molar-refractivity contribution in [3.8, 4) is 0 Å². The quantitative estimate of drug-likeness (QED) is 0.384. The van der Waals surface area contributed by atoms with Crippen molar-refractivity contribution in [2.75, 3.05) is 19.6 Å². The first kappa shape index (κ1) is 23.4. The first-order chi connectivity index (χ1) is 14.8. The summed E-state index contributed by atoms with van der Waals surface area (Å²) in [5.74, 6) is 0.561. The third-order valence-corrected chi connectivity index (χ3v) is 10.8. The molecule has 1 aliphatic carbocycles. The van der Waals surface area contributed by atoms with Crippen LogP contribution in [0.3, 0.4) is 0 Å². The molecule has 2 aromatic carbocycles. The minimum Gasteiger partial charge on any atom is -0.303 e. The summed E-state index contributed by atoms with van der Waals surface area (Å²) in [6, 6.07) is 13.5. The summed E-state index contributed by atoms with van der Waals surface area (Å²) in [6.07, 6.45) is 6.20. The van der Waals surface area contributed by atoms with Crippen LogP contribution in [0.25, 0.3) is 0 Å². The zero-order chi connectivity index (χ0) is 22.1. The Morgan fingerprint density at radius 1 is 0.968 bits per heavy atom. The van der Waals surface area contributed by atoms with Crippen molar-refractivity contribution in [2.24, 2.45) is 0 Å². The van der Waals surface area contributed by atoms with Gasteiger partial charge in [0.1, 0.15) is 0 Å². The molecule has 0 aromatic heterocycles. The van der Waals surface area contributed by atoms with Gasteiger partial charge >= 0.3 is 0 Å². The number of hydrogen-bond donors (Lipinski definition) is 0. The van der Waals surface area contributed by atoms with Crippen LogP contribution >= 0.6 is 34.8 Å². The van der Waals surface area contributed by atoms with Crippen molar-refractivity contribution in [3.05, 3.63) is 63.1 Å². The van der Waals surface area contributed by atoms with Crippen LogP contribution < -0.4 is 0 Å². The molecule has 1 unspecified atom stereocenters. The number of nitrogens with zero attached hydrogens (tertiary/aromatic N) is 1. The Hall–Kier alpha value is -0.780. The van der Waals surface area contributed by atoms with E-state index in [1.165, 1.54) is 30.5 Å². The highest BCUT2D eigenvalue weighted by Crippen LogP contribution is 2.48. The van der Waals surface area contributed by atoms with E-state index in [0.717, 1.165) is 32.5 Å². The lowest BCUT2D eigenvalue weighted by Gasteiger charge is -2.42. The second-order valence-electron chi connectivity index (χ2n) is 8.89. The van der Waals surface area contributed by atoms with E-state index in [-0.39, 0.29) is 20.0 Å². The van der Waals surface area contributed by atoms with Crippen LogP contribution in [0.4, 0.5) is 0 Å². The van der Waals surface area contributed by atoms with Crippen LogP contribution in [0, 0.1) is 0 Å². The molecule has 1 atom stereocenters. The number of rotatable bonds is 7. The third-order valence-electron chi connectivity index (χ3n) is 6.98. The largest absolute Gasteiger partial charge is 0.303 e. The van der Waals surface area contributed by atoms with Crippen LogP contribution in [0.5, 0.6) is 0 Å². The number of sulfone groups is 1. The van der Waals surface area contributed by atoms with Crippen LogP contribution in [0.2, 0.25) is 15.1 Å². The summed E-state index contributed by atoms with van der Waals surface area (Å²) in [6.45, 7) is 3.06. The van der Waals surface area contributed by atoms with Gasteiger partial charge in [-0.2, -0.15) is 0 Å². The van der Waals surface area contributed by atoms with Crippen molar-refractivity contribution in [1.29, 1.82) is 0 Å². The molecule has 7 heteroatoms. The lowest BCUT2D eigenvalue weighted by molar-refractivity contribution is 0.195. The van der Waals surface area contributed by atoms with Gasteiger partial charge in [0.25, 0.3) is 0 Å². The van der Waals surface area contributed by atoms with Crippen LogP contribution in [0.15, 0.2) is 47.4 Å². The van der Waals surface area contributed by atoms with Crippen molar-refractivity contribution < 1.29 is 8.42 Å². The average Bonchev–Trinajstić information content (AvgIpc) is 2.73. The maximum absolute atomic E-state index is 13.5.